The van der Waals surface area contributed by atoms with Crippen molar-refractivity contribution in [2.45, 2.75) is 10.9 Å². The van der Waals surface area contributed by atoms with Gasteiger partial charge in [0.15, 0.2) is 11.0 Å². The minimum atomic E-state index is -0.269. The quantitative estimate of drug-likeness (QED) is 0.243. The third kappa shape index (κ3) is 3.19. The fourth-order valence-electron chi connectivity index (χ4n) is 1.71. The summed E-state index contributed by atoms with van der Waals surface area (Å²) in [5, 5.41) is 18.6. The van der Waals surface area contributed by atoms with Crippen molar-refractivity contribution < 1.29 is 9.94 Å². The molecule has 1 aromatic carbocycles. The Hall–Kier alpha value is -2.42. The molecule has 0 saturated carbocycles. The number of oxime groups is 1. The summed E-state index contributed by atoms with van der Waals surface area (Å²) in [5.74, 6) is 1.22. The van der Waals surface area contributed by atoms with Crippen LogP contribution in [0.5, 0.6) is 5.75 Å². The Morgan fingerprint density at radius 1 is 1.62 bits per heavy atom. The lowest BCUT2D eigenvalue weighted by Gasteiger charge is -2.09. The Kier molecular flexibility index (Phi) is 4.53. The summed E-state index contributed by atoms with van der Waals surface area (Å²) in [4.78, 5) is 11.3. The van der Waals surface area contributed by atoms with E-state index in [2.05, 4.69) is 15.4 Å². The van der Waals surface area contributed by atoms with Crippen molar-refractivity contribution >= 4 is 17.6 Å². The van der Waals surface area contributed by atoms with Crippen LogP contribution in [-0.2, 0) is 12.8 Å². The van der Waals surface area contributed by atoms with Crippen LogP contribution in [0.4, 0.5) is 0 Å². The molecule has 0 aliphatic carbocycles. The molecule has 0 fully saturated rings. The summed E-state index contributed by atoms with van der Waals surface area (Å²) in [7, 11) is 3.20. The second-order valence-corrected chi connectivity index (χ2v) is 5.11. The van der Waals surface area contributed by atoms with Crippen LogP contribution >= 0.6 is 11.8 Å². The summed E-state index contributed by atoms with van der Waals surface area (Å²) in [6.07, 6.45) is 0. The van der Waals surface area contributed by atoms with Gasteiger partial charge in [0, 0.05) is 23.9 Å². The lowest BCUT2D eigenvalue weighted by molar-refractivity contribution is 0.318. The summed E-state index contributed by atoms with van der Waals surface area (Å²) >= 11 is 1.38. The molecule has 0 aliphatic heterocycles. The molecule has 112 valence electrons. The van der Waals surface area contributed by atoms with Crippen LogP contribution in [0.15, 0.2) is 33.3 Å². The first-order chi connectivity index (χ1) is 10.1. The maximum Gasteiger partial charge on any atom is 0.343 e. The average Bonchev–Trinajstić information content (AvgIpc) is 2.83. The fraction of sp³-hybridized carbons (Fsp3) is 0.250. The lowest BCUT2D eigenvalue weighted by Crippen LogP contribution is -2.13. The Bertz CT molecular complexity index is 722. The zero-order chi connectivity index (χ0) is 15.4. The smallest absolute Gasteiger partial charge is 0.343 e. The molecule has 0 saturated heterocycles. The fourth-order valence-corrected chi connectivity index (χ4v) is 2.61. The topological polar surface area (TPSA) is 119 Å². The van der Waals surface area contributed by atoms with E-state index in [0.29, 0.717) is 22.2 Å². The van der Waals surface area contributed by atoms with E-state index in [9.17, 15) is 4.79 Å². The third-order valence-electron chi connectivity index (χ3n) is 2.88. The first-order valence-electron chi connectivity index (χ1n) is 5.95. The van der Waals surface area contributed by atoms with E-state index in [0.717, 1.165) is 5.56 Å². The molecule has 1 heterocycles. The van der Waals surface area contributed by atoms with Gasteiger partial charge in [0.05, 0.1) is 7.11 Å². The van der Waals surface area contributed by atoms with Gasteiger partial charge in [-0.3, -0.25) is 4.57 Å². The molecule has 0 atom stereocenters. The maximum absolute atomic E-state index is 11.3. The van der Waals surface area contributed by atoms with E-state index >= 15 is 0 Å². The molecule has 21 heavy (non-hydrogen) atoms. The largest absolute Gasteiger partial charge is 0.496 e. The Labute approximate surface area is 124 Å². The molecule has 8 nitrogen and oxygen atoms in total. The van der Waals surface area contributed by atoms with Crippen LogP contribution in [0, 0.1) is 0 Å². The number of thioether (sulfide) groups is 1. The molecule has 0 aliphatic rings. The van der Waals surface area contributed by atoms with Gasteiger partial charge in [-0.25, -0.2) is 9.89 Å². The number of H-pyrrole nitrogens is 1. The van der Waals surface area contributed by atoms with E-state index in [-0.39, 0.29) is 11.5 Å². The number of amidine groups is 1. The third-order valence-corrected chi connectivity index (χ3v) is 3.96. The number of ether oxygens (including phenoxy) is 1. The lowest BCUT2D eigenvalue weighted by atomic mass is 10.1. The second kappa shape index (κ2) is 6.35. The normalized spacial score (nSPS) is 11.6. The number of benzene rings is 1. The molecule has 2 aromatic rings. The molecule has 0 spiro atoms. The zero-order valence-electron chi connectivity index (χ0n) is 11.5. The van der Waals surface area contributed by atoms with E-state index < -0.39 is 0 Å². The molecule has 0 bridgehead atoms. The van der Waals surface area contributed by atoms with Gasteiger partial charge in [0.25, 0.3) is 0 Å². The van der Waals surface area contributed by atoms with Crippen molar-refractivity contribution in [2.75, 3.05) is 7.11 Å². The molecular formula is C12H15N5O3S. The zero-order valence-corrected chi connectivity index (χ0v) is 12.3. The number of nitrogens with zero attached hydrogens (tertiary/aromatic N) is 3. The number of methoxy groups -OCH3 is 1. The Morgan fingerprint density at radius 3 is 2.95 bits per heavy atom. The van der Waals surface area contributed by atoms with Crippen molar-refractivity contribution in [3.8, 4) is 5.75 Å². The van der Waals surface area contributed by atoms with Crippen molar-refractivity contribution in [3.05, 3.63) is 39.8 Å². The Balaban J connectivity index is 2.25. The van der Waals surface area contributed by atoms with E-state index in [1.165, 1.54) is 16.3 Å². The number of aromatic nitrogens is 3. The summed E-state index contributed by atoms with van der Waals surface area (Å²) in [6, 6.07) is 5.21. The first kappa shape index (κ1) is 15.0. The highest BCUT2D eigenvalue weighted by atomic mass is 32.2. The van der Waals surface area contributed by atoms with Crippen LogP contribution < -0.4 is 16.2 Å². The van der Waals surface area contributed by atoms with Crippen LogP contribution in [0.3, 0.4) is 0 Å². The standard InChI is InChI=1S/C12H15N5O3S/c1-17-11(18)14-15-12(17)21-6-8-5-7(10(13)16-19)3-4-9(8)20-2/h3-5,19H,6H2,1-2H3,(H2,13,16)(H,14,18). The molecule has 0 unspecified atom stereocenters. The summed E-state index contributed by atoms with van der Waals surface area (Å²) in [5.41, 5.74) is 6.75. The number of hydrogen-bond donors (Lipinski definition) is 3. The number of nitrogens with two attached hydrogens (primary N) is 1. The molecule has 4 N–H and O–H groups in total. The van der Waals surface area contributed by atoms with Crippen LogP contribution in [-0.4, -0.2) is 32.9 Å². The molecule has 1 aromatic heterocycles. The SMILES string of the molecule is COc1ccc(/C(N)=N/O)cc1CSc1n[nH]c(=O)n1C. The summed E-state index contributed by atoms with van der Waals surface area (Å²) in [6.45, 7) is 0. The van der Waals surface area contributed by atoms with Crippen LogP contribution in [0.2, 0.25) is 0 Å². The van der Waals surface area contributed by atoms with Crippen molar-refractivity contribution in [1.29, 1.82) is 0 Å². The number of rotatable bonds is 5. The number of hydrogen-bond acceptors (Lipinski definition) is 6. The van der Waals surface area contributed by atoms with Gasteiger partial charge in [-0.1, -0.05) is 16.9 Å². The van der Waals surface area contributed by atoms with Gasteiger partial charge < -0.3 is 15.7 Å². The second-order valence-electron chi connectivity index (χ2n) is 4.17. The highest BCUT2D eigenvalue weighted by Gasteiger charge is 2.10. The van der Waals surface area contributed by atoms with Crippen LogP contribution in [0.1, 0.15) is 11.1 Å². The predicted octanol–water partition coefficient (Wildman–Crippen LogP) is 0.504. The van der Waals surface area contributed by atoms with E-state index in [4.69, 9.17) is 15.7 Å². The van der Waals surface area contributed by atoms with Crippen molar-refractivity contribution in [2.24, 2.45) is 17.9 Å². The van der Waals surface area contributed by atoms with Gasteiger partial charge in [0.1, 0.15) is 5.75 Å². The van der Waals surface area contributed by atoms with Gasteiger partial charge in [-0.05, 0) is 18.2 Å². The molecule has 0 amide bonds. The van der Waals surface area contributed by atoms with Crippen molar-refractivity contribution in [3.63, 3.8) is 0 Å². The van der Waals surface area contributed by atoms with Gasteiger partial charge in [0.2, 0.25) is 0 Å². The Morgan fingerprint density at radius 2 is 2.38 bits per heavy atom. The highest BCUT2D eigenvalue weighted by Crippen LogP contribution is 2.27. The van der Waals surface area contributed by atoms with Gasteiger partial charge in [-0.15, -0.1) is 5.10 Å². The summed E-state index contributed by atoms with van der Waals surface area (Å²) < 4.78 is 6.71. The molecule has 2 rings (SSSR count). The van der Waals surface area contributed by atoms with Crippen LogP contribution in [0.25, 0.3) is 0 Å². The molecule has 9 heteroatoms. The van der Waals surface area contributed by atoms with Gasteiger partial charge in [-0.2, -0.15) is 0 Å². The van der Waals surface area contributed by atoms with E-state index in [1.807, 2.05) is 0 Å². The number of aromatic amines is 1. The molecule has 0 radical (unpaired) electrons. The molecular weight excluding hydrogens is 294 g/mol. The maximum atomic E-state index is 11.3. The monoisotopic (exact) mass is 309 g/mol. The predicted molar refractivity (Wildman–Crippen MR) is 78.9 cm³/mol. The van der Waals surface area contributed by atoms with E-state index in [1.54, 1.807) is 32.4 Å². The minimum absolute atomic E-state index is 0.0241. The van der Waals surface area contributed by atoms with Gasteiger partial charge >= 0.3 is 5.69 Å². The average molecular weight is 309 g/mol. The minimum Gasteiger partial charge on any atom is -0.496 e. The number of nitrogens with one attached hydrogen (secondary N) is 1. The first-order valence-corrected chi connectivity index (χ1v) is 6.94. The van der Waals surface area contributed by atoms with Crippen molar-refractivity contribution in [1.82, 2.24) is 14.8 Å². The highest BCUT2D eigenvalue weighted by molar-refractivity contribution is 7.98.